The highest BCUT2D eigenvalue weighted by molar-refractivity contribution is 6.30. The topological polar surface area (TPSA) is 55.1 Å². The minimum Gasteiger partial charge on any atom is -0.398 e. The highest BCUT2D eigenvalue weighted by Gasteiger charge is 2.08. The van der Waals surface area contributed by atoms with E-state index >= 15 is 0 Å². The smallest absolute Gasteiger partial charge is 0.257 e. The summed E-state index contributed by atoms with van der Waals surface area (Å²) in [6.45, 7) is 0. The molecule has 2 aromatic rings. The Balaban J connectivity index is 0.00000162. The van der Waals surface area contributed by atoms with Gasteiger partial charge in [0.15, 0.2) is 0 Å². The number of halogens is 2. The van der Waals surface area contributed by atoms with Crippen molar-refractivity contribution in [1.29, 1.82) is 0 Å². The van der Waals surface area contributed by atoms with E-state index in [1.807, 2.05) is 0 Å². The molecule has 0 spiro atoms. The predicted octanol–water partition coefficient (Wildman–Crippen LogP) is 3.60. The lowest BCUT2D eigenvalue weighted by Gasteiger charge is -2.07. The van der Waals surface area contributed by atoms with E-state index in [0.717, 1.165) is 0 Å². The Morgan fingerprint density at radius 1 is 1.06 bits per heavy atom. The number of hydrogen-bond acceptors (Lipinski definition) is 2. The summed E-state index contributed by atoms with van der Waals surface area (Å²) in [5, 5.41) is 3.38. The molecule has 0 unspecified atom stereocenters. The van der Waals surface area contributed by atoms with Crippen molar-refractivity contribution in [2.24, 2.45) is 0 Å². The van der Waals surface area contributed by atoms with Gasteiger partial charge in [0.1, 0.15) is 0 Å². The van der Waals surface area contributed by atoms with Crippen molar-refractivity contribution in [3.63, 3.8) is 0 Å². The number of nitrogens with one attached hydrogen (secondary N) is 1. The summed E-state index contributed by atoms with van der Waals surface area (Å²) in [5.74, 6) is -0.231. The number of rotatable bonds is 2. The molecule has 0 bridgehead atoms. The second-order valence-corrected chi connectivity index (χ2v) is 3.98. The molecule has 0 heterocycles. The number of carbonyl (C=O) groups excluding carboxylic acids is 1. The fraction of sp³-hybridized carbons (Fsp3) is 0. The highest BCUT2D eigenvalue weighted by Crippen LogP contribution is 2.16. The largest absolute Gasteiger partial charge is 0.398 e. The number of nitrogens with two attached hydrogens (primary N) is 1. The molecule has 94 valence electrons. The second-order valence-electron chi connectivity index (χ2n) is 3.55. The van der Waals surface area contributed by atoms with Gasteiger partial charge >= 0.3 is 0 Å². The van der Waals surface area contributed by atoms with E-state index < -0.39 is 0 Å². The van der Waals surface area contributed by atoms with Gasteiger partial charge in [-0.1, -0.05) is 23.7 Å². The first kappa shape index (κ1) is 14.4. The quantitative estimate of drug-likeness (QED) is 0.827. The van der Waals surface area contributed by atoms with Crippen LogP contribution in [0.5, 0.6) is 0 Å². The summed E-state index contributed by atoms with van der Waals surface area (Å²) < 4.78 is 0. The number of hydrogen-bond donors (Lipinski definition) is 2. The van der Waals surface area contributed by atoms with Crippen molar-refractivity contribution < 1.29 is 4.79 Å². The Morgan fingerprint density at radius 3 is 2.28 bits per heavy atom. The Kier molecular flexibility index (Phi) is 5.01. The summed E-state index contributed by atoms with van der Waals surface area (Å²) in [5.41, 5.74) is 7.32. The van der Waals surface area contributed by atoms with Crippen LogP contribution in [-0.2, 0) is 0 Å². The number of carbonyl (C=O) groups is 1. The van der Waals surface area contributed by atoms with Gasteiger partial charge in [0.25, 0.3) is 5.91 Å². The van der Waals surface area contributed by atoms with Crippen LogP contribution in [0.25, 0.3) is 0 Å². The van der Waals surface area contributed by atoms with E-state index in [1.54, 1.807) is 48.5 Å². The zero-order chi connectivity index (χ0) is 12.3. The third-order valence-electron chi connectivity index (χ3n) is 2.31. The molecule has 0 aromatic heterocycles. The molecule has 1 amide bonds. The van der Waals surface area contributed by atoms with E-state index in [9.17, 15) is 4.79 Å². The summed E-state index contributed by atoms with van der Waals surface area (Å²) >= 11 is 5.76. The van der Waals surface area contributed by atoms with Crippen molar-refractivity contribution >= 4 is 41.3 Å². The summed E-state index contributed by atoms with van der Waals surface area (Å²) in [6.07, 6.45) is 0. The molecule has 0 radical (unpaired) electrons. The molecule has 0 aliphatic carbocycles. The summed E-state index contributed by atoms with van der Waals surface area (Å²) in [4.78, 5) is 11.9. The molecule has 2 rings (SSSR count). The minimum absolute atomic E-state index is 0. The van der Waals surface area contributed by atoms with Gasteiger partial charge in [-0.15, -0.1) is 12.4 Å². The third-order valence-corrected chi connectivity index (χ3v) is 2.56. The molecule has 0 atom stereocenters. The molecule has 5 heteroatoms. The number of amides is 1. The molecular weight excluding hydrogens is 271 g/mol. The van der Waals surface area contributed by atoms with Crippen LogP contribution < -0.4 is 11.1 Å². The van der Waals surface area contributed by atoms with Gasteiger partial charge in [0, 0.05) is 16.4 Å². The maximum absolute atomic E-state index is 11.9. The first-order chi connectivity index (χ1) is 8.16. The van der Waals surface area contributed by atoms with E-state index in [-0.39, 0.29) is 18.3 Å². The zero-order valence-electron chi connectivity index (χ0n) is 9.39. The molecule has 3 N–H and O–H groups in total. The minimum atomic E-state index is -0.231. The van der Waals surface area contributed by atoms with E-state index in [0.29, 0.717) is 22.0 Å². The number of anilines is 2. The van der Waals surface area contributed by atoms with Crippen molar-refractivity contribution in [1.82, 2.24) is 0 Å². The molecular formula is C13H12Cl2N2O. The highest BCUT2D eigenvalue weighted by atomic mass is 35.5. The predicted molar refractivity (Wildman–Crippen MR) is 77.5 cm³/mol. The molecule has 18 heavy (non-hydrogen) atoms. The Bertz CT molecular complexity index is 541. The van der Waals surface area contributed by atoms with Gasteiger partial charge in [0.05, 0.1) is 5.56 Å². The van der Waals surface area contributed by atoms with Crippen LogP contribution in [0.3, 0.4) is 0 Å². The number of para-hydroxylation sites is 1. The average Bonchev–Trinajstić information content (AvgIpc) is 2.32. The lowest BCUT2D eigenvalue weighted by atomic mass is 10.1. The van der Waals surface area contributed by atoms with Crippen LogP contribution in [0.4, 0.5) is 11.4 Å². The number of nitrogen functional groups attached to an aromatic ring is 1. The van der Waals surface area contributed by atoms with Crippen molar-refractivity contribution in [2.75, 3.05) is 11.1 Å². The molecule has 3 nitrogen and oxygen atoms in total. The first-order valence-corrected chi connectivity index (χ1v) is 5.46. The lowest BCUT2D eigenvalue weighted by Crippen LogP contribution is -2.13. The SMILES string of the molecule is Cl.Nc1ccccc1C(=O)Nc1ccc(Cl)cc1. The van der Waals surface area contributed by atoms with Crippen LogP contribution >= 0.6 is 24.0 Å². The van der Waals surface area contributed by atoms with E-state index in [4.69, 9.17) is 17.3 Å². The van der Waals surface area contributed by atoms with Crippen LogP contribution in [0.15, 0.2) is 48.5 Å². The summed E-state index contributed by atoms with van der Waals surface area (Å²) in [7, 11) is 0. The van der Waals surface area contributed by atoms with Crippen LogP contribution in [0, 0.1) is 0 Å². The molecule has 0 aliphatic rings. The van der Waals surface area contributed by atoms with Gasteiger partial charge in [-0.3, -0.25) is 4.79 Å². The maximum atomic E-state index is 11.9. The van der Waals surface area contributed by atoms with Gasteiger partial charge < -0.3 is 11.1 Å². The normalized spacial score (nSPS) is 9.39. The Morgan fingerprint density at radius 2 is 1.67 bits per heavy atom. The lowest BCUT2D eigenvalue weighted by molar-refractivity contribution is 0.102. The van der Waals surface area contributed by atoms with Crippen molar-refractivity contribution in [3.8, 4) is 0 Å². The second kappa shape index (κ2) is 6.28. The van der Waals surface area contributed by atoms with Crippen molar-refractivity contribution in [2.45, 2.75) is 0 Å². The number of benzene rings is 2. The molecule has 0 fully saturated rings. The van der Waals surface area contributed by atoms with E-state index in [2.05, 4.69) is 5.32 Å². The average molecular weight is 283 g/mol. The maximum Gasteiger partial charge on any atom is 0.257 e. The van der Waals surface area contributed by atoms with Crippen molar-refractivity contribution in [3.05, 3.63) is 59.1 Å². The van der Waals surface area contributed by atoms with Crippen LogP contribution in [-0.4, -0.2) is 5.91 Å². The van der Waals surface area contributed by atoms with E-state index in [1.165, 1.54) is 0 Å². The first-order valence-electron chi connectivity index (χ1n) is 5.08. The molecule has 2 aromatic carbocycles. The third kappa shape index (κ3) is 3.39. The molecule has 0 saturated heterocycles. The molecule has 0 saturated carbocycles. The van der Waals surface area contributed by atoms with Gasteiger partial charge in [-0.25, -0.2) is 0 Å². The Labute approximate surface area is 116 Å². The Hall–Kier alpha value is -1.71. The van der Waals surface area contributed by atoms with Crippen LogP contribution in [0.2, 0.25) is 5.02 Å². The molecule has 0 aliphatic heterocycles. The standard InChI is InChI=1S/C13H11ClN2O.ClH/c14-9-5-7-10(8-6-9)16-13(17)11-3-1-2-4-12(11)15;/h1-8H,15H2,(H,16,17);1H. The van der Waals surface area contributed by atoms with Gasteiger partial charge in [0.2, 0.25) is 0 Å². The van der Waals surface area contributed by atoms with Crippen LogP contribution in [0.1, 0.15) is 10.4 Å². The fourth-order valence-corrected chi connectivity index (χ4v) is 1.56. The summed E-state index contributed by atoms with van der Waals surface area (Å²) in [6, 6.07) is 13.8. The zero-order valence-corrected chi connectivity index (χ0v) is 11.0. The van der Waals surface area contributed by atoms with Gasteiger partial charge in [-0.05, 0) is 36.4 Å². The monoisotopic (exact) mass is 282 g/mol. The van der Waals surface area contributed by atoms with Gasteiger partial charge in [-0.2, -0.15) is 0 Å². The fourth-order valence-electron chi connectivity index (χ4n) is 1.44.